The second kappa shape index (κ2) is 5.83. The summed E-state index contributed by atoms with van der Waals surface area (Å²) < 4.78 is 37.2. The highest BCUT2D eigenvalue weighted by atomic mass is 19.4. The third-order valence-electron chi connectivity index (χ3n) is 3.52. The van der Waals surface area contributed by atoms with Gasteiger partial charge < -0.3 is 4.90 Å². The molecule has 0 aliphatic carbocycles. The van der Waals surface area contributed by atoms with E-state index < -0.39 is 12.1 Å². The molecule has 1 heterocycles. The summed E-state index contributed by atoms with van der Waals surface area (Å²) in [4.78, 5) is 14.2. The van der Waals surface area contributed by atoms with Crippen molar-refractivity contribution in [2.24, 2.45) is 0 Å². The first-order chi connectivity index (χ1) is 9.38. The molecule has 3 nitrogen and oxygen atoms in total. The van der Waals surface area contributed by atoms with Crippen LogP contribution in [0.3, 0.4) is 0 Å². The first kappa shape index (κ1) is 14.8. The Bertz CT molecular complexity index is 461. The lowest BCUT2D eigenvalue weighted by Crippen LogP contribution is -2.55. The van der Waals surface area contributed by atoms with Crippen LogP contribution < -0.4 is 0 Å². The van der Waals surface area contributed by atoms with Gasteiger partial charge in [0.2, 0.25) is 0 Å². The Kier molecular flexibility index (Phi) is 4.32. The quantitative estimate of drug-likeness (QED) is 0.833. The van der Waals surface area contributed by atoms with Crippen molar-refractivity contribution in [3.8, 4) is 0 Å². The normalized spacial score (nSPS) is 21.0. The fourth-order valence-corrected chi connectivity index (χ4v) is 2.41. The lowest BCUT2D eigenvalue weighted by atomic mass is 10.1. The molecule has 1 atom stereocenters. The molecule has 1 aliphatic heterocycles. The lowest BCUT2D eigenvalue weighted by Gasteiger charge is -2.40. The SMILES string of the molecule is CC1CN(C(=O)C(F)(F)F)CCN1Cc1ccccc1. The van der Waals surface area contributed by atoms with Gasteiger partial charge in [-0.05, 0) is 12.5 Å². The highest BCUT2D eigenvalue weighted by Gasteiger charge is 2.44. The molecule has 1 fully saturated rings. The molecular formula is C14H17F3N2O. The van der Waals surface area contributed by atoms with Gasteiger partial charge in [-0.3, -0.25) is 9.69 Å². The third kappa shape index (κ3) is 3.50. The van der Waals surface area contributed by atoms with E-state index in [9.17, 15) is 18.0 Å². The molecule has 1 saturated heterocycles. The molecule has 1 aromatic rings. The summed E-state index contributed by atoms with van der Waals surface area (Å²) in [7, 11) is 0. The number of piperazine rings is 1. The van der Waals surface area contributed by atoms with Crippen molar-refractivity contribution in [3.63, 3.8) is 0 Å². The van der Waals surface area contributed by atoms with Crippen molar-refractivity contribution in [1.82, 2.24) is 9.80 Å². The van der Waals surface area contributed by atoms with Crippen molar-refractivity contribution in [2.45, 2.75) is 25.7 Å². The van der Waals surface area contributed by atoms with Crippen molar-refractivity contribution in [2.75, 3.05) is 19.6 Å². The molecule has 0 aromatic heterocycles. The topological polar surface area (TPSA) is 23.6 Å². The van der Waals surface area contributed by atoms with Gasteiger partial charge in [0, 0.05) is 32.2 Å². The van der Waals surface area contributed by atoms with Gasteiger partial charge in [0.15, 0.2) is 0 Å². The molecule has 20 heavy (non-hydrogen) atoms. The maximum atomic E-state index is 12.4. The average molecular weight is 286 g/mol. The van der Waals surface area contributed by atoms with E-state index in [2.05, 4.69) is 4.90 Å². The Balaban J connectivity index is 1.94. The number of carbonyl (C=O) groups is 1. The zero-order valence-corrected chi connectivity index (χ0v) is 11.2. The second-order valence-corrected chi connectivity index (χ2v) is 5.05. The summed E-state index contributed by atoms with van der Waals surface area (Å²) in [5.41, 5.74) is 1.12. The Morgan fingerprint density at radius 3 is 2.45 bits per heavy atom. The number of halogens is 3. The van der Waals surface area contributed by atoms with E-state index in [-0.39, 0.29) is 19.1 Å². The lowest BCUT2D eigenvalue weighted by molar-refractivity contribution is -0.188. The largest absolute Gasteiger partial charge is 0.471 e. The van der Waals surface area contributed by atoms with Crippen LogP contribution >= 0.6 is 0 Å². The highest BCUT2D eigenvalue weighted by molar-refractivity contribution is 5.82. The molecule has 0 radical (unpaired) electrons. The molecule has 0 saturated carbocycles. The molecule has 2 rings (SSSR count). The fourth-order valence-electron chi connectivity index (χ4n) is 2.41. The maximum absolute atomic E-state index is 12.4. The molecule has 1 aromatic carbocycles. The Labute approximate surface area is 116 Å². The van der Waals surface area contributed by atoms with Crippen LogP contribution in [0.2, 0.25) is 0 Å². The number of nitrogens with zero attached hydrogens (tertiary/aromatic N) is 2. The minimum Gasteiger partial charge on any atom is -0.332 e. The molecule has 1 unspecified atom stereocenters. The van der Waals surface area contributed by atoms with Crippen molar-refractivity contribution in [3.05, 3.63) is 35.9 Å². The zero-order valence-electron chi connectivity index (χ0n) is 11.2. The number of amides is 1. The smallest absolute Gasteiger partial charge is 0.332 e. The van der Waals surface area contributed by atoms with E-state index in [0.717, 1.165) is 10.5 Å². The van der Waals surface area contributed by atoms with Crippen molar-refractivity contribution >= 4 is 5.91 Å². The monoisotopic (exact) mass is 286 g/mol. The fraction of sp³-hybridized carbons (Fsp3) is 0.500. The summed E-state index contributed by atoms with van der Waals surface area (Å²) in [6, 6.07) is 9.68. The Morgan fingerprint density at radius 1 is 1.25 bits per heavy atom. The summed E-state index contributed by atoms with van der Waals surface area (Å²) in [6.45, 7) is 3.23. The van der Waals surface area contributed by atoms with Gasteiger partial charge in [0.05, 0.1) is 0 Å². The van der Waals surface area contributed by atoms with E-state index >= 15 is 0 Å². The van der Waals surface area contributed by atoms with E-state index in [4.69, 9.17) is 0 Å². The summed E-state index contributed by atoms with van der Waals surface area (Å²) in [5, 5.41) is 0. The molecule has 0 spiro atoms. The molecule has 110 valence electrons. The summed E-state index contributed by atoms with van der Waals surface area (Å²) in [6.07, 6.45) is -4.78. The van der Waals surface area contributed by atoms with Crippen LogP contribution in [0, 0.1) is 0 Å². The predicted octanol–water partition coefficient (Wildman–Crippen LogP) is 2.28. The first-order valence-corrected chi connectivity index (χ1v) is 6.52. The number of hydrogen-bond donors (Lipinski definition) is 0. The zero-order chi connectivity index (χ0) is 14.8. The Morgan fingerprint density at radius 2 is 1.90 bits per heavy atom. The van der Waals surface area contributed by atoms with Gasteiger partial charge in [-0.15, -0.1) is 0 Å². The average Bonchev–Trinajstić information content (AvgIpc) is 2.40. The third-order valence-corrected chi connectivity index (χ3v) is 3.52. The Hall–Kier alpha value is -1.56. The van der Waals surface area contributed by atoms with Crippen LogP contribution in [-0.4, -0.2) is 47.6 Å². The molecular weight excluding hydrogens is 269 g/mol. The van der Waals surface area contributed by atoms with Gasteiger partial charge in [-0.1, -0.05) is 30.3 Å². The number of rotatable bonds is 2. The van der Waals surface area contributed by atoms with E-state index in [1.807, 2.05) is 37.3 Å². The first-order valence-electron chi connectivity index (χ1n) is 6.52. The van der Waals surface area contributed by atoms with Crippen molar-refractivity contribution in [1.29, 1.82) is 0 Å². The molecule has 6 heteroatoms. The van der Waals surface area contributed by atoms with Crippen LogP contribution in [-0.2, 0) is 11.3 Å². The van der Waals surface area contributed by atoms with Gasteiger partial charge in [0.1, 0.15) is 0 Å². The standard InChI is InChI=1S/C14H17F3N2O/c1-11-9-19(13(20)14(15,16)17)8-7-18(11)10-12-5-3-2-4-6-12/h2-6,11H,7-10H2,1H3. The number of carbonyl (C=O) groups excluding carboxylic acids is 1. The molecule has 1 amide bonds. The van der Waals surface area contributed by atoms with E-state index in [1.165, 1.54) is 0 Å². The summed E-state index contributed by atoms with van der Waals surface area (Å²) >= 11 is 0. The number of hydrogen-bond acceptors (Lipinski definition) is 2. The minimum absolute atomic E-state index is 0.0877. The van der Waals surface area contributed by atoms with Gasteiger partial charge in [-0.2, -0.15) is 13.2 Å². The van der Waals surface area contributed by atoms with E-state index in [1.54, 1.807) is 0 Å². The van der Waals surface area contributed by atoms with Crippen LogP contribution in [0.5, 0.6) is 0 Å². The van der Waals surface area contributed by atoms with Crippen LogP contribution in [0.4, 0.5) is 13.2 Å². The second-order valence-electron chi connectivity index (χ2n) is 5.05. The minimum atomic E-state index is -4.78. The van der Waals surface area contributed by atoms with Gasteiger partial charge in [0.25, 0.3) is 0 Å². The van der Waals surface area contributed by atoms with Crippen molar-refractivity contribution < 1.29 is 18.0 Å². The molecule has 0 bridgehead atoms. The van der Waals surface area contributed by atoms with E-state index in [0.29, 0.717) is 13.1 Å². The van der Waals surface area contributed by atoms with Crippen LogP contribution in [0.15, 0.2) is 30.3 Å². The maximum Gasteiger partial charge on any atom is 0.471 e. The van der Waals surface area contributed by atoms with Gasteiger partial charge in [-0.25, -0.2) is 0 Å². The number of benzene rings is 1. The molecule has 0 N–H and O–H groups in total. The molecule has 1 aliphatic rings. The number of alkyl halides is 3. The van der Waals surface area contributed by atoms with Crippen LogP contribution in [0.1, 0.15) is 12.5 Å². The highest BCUT2D eigenvalue weighted by Crippen LogP contribution is 2.21. The summed E-state index contributed by atoms with van der Waals surface area (Å²) in [5.74, 6) is -1.73. The van der Waals surface area contributed by atoms with Gasteiger partial charge >= 0.3 is 12.1 Å². The van der Waals surface area contributed by atoms with Crippen LogP contribution in [0.25, 0.3) is 0 Å². The predicted molar refractivity (Wildman–Crippen MR) is 68.9 cm³/mol.